The van der Waals surface area contributed by atoms with Crippen LogP contribution in [0.4, 0.5) is 0 Å². The van der Waals surface area contributed by atoms with Crippen LogP contribution in [0.1, 0.15) is 26.2 Å². The van der Waals surface area contributed by atoms with E-state index in [1.165, 1.54) is 18.0 Å². The van der Waals surface area contributed by atoms with Crippen molar-refractivity contribution in [3.8, 4) is 0 Å². The molecule has 2 bridgehead atoms. The zero-order chi connectivity index (χ0) is 12.3. The fraction of sp³-hybridized carbons (Fsp3) is 0.846. The van der Waals surface area contributed by atoms with Crippen LogP contribution in [0.2, 0.25) is 0 Å². The summed E-state index contributed by atoms with van der Waals surface area (Å²) in [5.74, 6) is 0.632. The maximum Gasteiger partial charge on any atom is 0.241 e. The average molecular weight is 237 g/mol. The molecule has 0 aromatic rings. The maximum atomic E-state index is 12.6. The molecule has 0 saturated carbocycles. The number of rotatable bonds is 1. The third-order valence-corrected chi connectivity index (χ3v) is 5.24. The number of amides is 2. The first kappa shape index (κ1) is 11.2. The number of fused-ring (bicyclic) bond motifs is 2. The van der Waals surface area contributed by atoms with Gasteiger partial charge in [0.2, 0.25) is 11.8 Å². The Hall–Kier alpha value is -0.900. The minimum atomic E-state index is -0.335. The molecule has 4 aliphatic heterocycles. The Morgan fingerprint density at radius 3 is 2.47 bits per heavy atom. The second kappa shape index (κ2) is 3.31. The number of piperidine rings is 3. The first-order valence-corrected chi connectivity index (χ1v) is 6.69. The topological polar surface area (TPSA) is 37.4 Å². The third-order valence-electron chi connectivity index (χ3n) is 5.24. The quantitative estimate of drug-likeness (QED) is 0.495. The summed E-state index contributed by atoms with van der Waals surface area (Å²) in [7, 11) is 2.24. The Balaban J connectivity index is 1.98. The molecule has 4 rings (SSSR count). The third kappa shape index (κ3) is 1.33. The van der Waals surface area contributed by atoms with Crippen molar-refractivity contribution in [1.29, 1.82) is 0 Å². The first-order chi connectivity index (χ1) is 8.01. The first-order valence-electron chi connectivity index (χ1n) is 6.69. The fourth-order valence-electron chi connectivity index (χ4n) is 4.30. The lowest BCUT2D eigenvalue weighted by Gasteiger charge is -2.54. The monoisotopic (exact) mass is 237 g/mol. The molecular formula is C13H21N2O2+. The molecule has 94 valence electrons. The minimum Gasteiger partial charge on any atom is -0.325 e. The summed E-state index contributed by atoms with van der Waals surface area (Å²) in [6, 6.07) is 0. The summed E-state index contributed by atoms with van der Waals surface area (Å²) >= 11 is 0. The average Bonchev–Trinajstić information content (AvgIpc) is 2.50. The second-order valence-corrected chi connectivity index (χ2v) is 6.28. The lowest BCUT2D eigenvalue weighted by molar-refractivity contribution is -0.931. The molecule has 0 N–H and O–H groups in total. The van der Waals surface area contributed by atoms with Crippen LogP contribution >= 0.6 is 0 Å². The highest BCUT2D eigenvalue weighted by atomic mass is 16.2. The number of likely N-dealkylation sites (tertiary alicyclic amines) is 1. The van der Waals surface area contributed by atoms with Gasteiger partial charge in [-0.2, -0.15) is 0 Å². The highest BCUT2D eigenvalue weighted by Gasteiger charge is 2.63. The molecule has 4 heterocycles. The smallest absolute Gasteiger partial charge is 0.241 e. The SMILES string of the molecule is CCN1C(=O)C[C@]2(C[N+]3(C)CCC2CC3)C1=O. The van der Waals surface area contributed by atoms with E-state index in [9.17, 15) is 9.59 Å². The standard InChI is InChI=1S/C13H21N2O2/c1-3-14-11(16)8-13(12(14)17)9-15(2)6-4-10(13)5-7-15/h10H,3-9H2,1-2H3/q+1/t10?,13-,15?/m1/s1. The number of carbonyl (C=O) groups is 2. The van der Waals surface area contributed by atoms with Crippen molar-refractivity contribution in [2.45, 2.75) is 26.2 Å². The van der Waals surface area contributed by atoms with Gasteiger partial charge in [-0.1, -0.05) is 0 Å². The minimum absolute atomic E-state index is 0.0536. The van der Waals surface area contributed by atoms with Crippen molar-refractivity contribution in [3.63, 3.8) is 0 Å². The van der Waals surface area contributed by atoms with Gasteiger partial charge < -0.3 is 4.48 Å². The predicted octanol–water partition coefficient (Wildman–Crippen LogP) is 0.622. The number of quaternary nitrogens is 1. The fourth-order valence-corrected chi connectivity index (χ4v) is 4.30. The molecule has 17 heavy (non-hydrogen) atoms. The van der Waals surface area contributed by atoms with Crippen molar-refractivity contribution in [3.05, 3.63) is 0 Å². The summed E-state index contributed by atoms with van der Waals surface area (Å²) in [5.41, 5.74) is -0.335. The van der Waals surface area contributed by atoms with E-state index in [1.807, 2.05) is 6.92 Å². The zero-order valence-electron chi connectivity index (χ0n) is 10.7. The second-order valence-electron chi connectivity index (χ2n) is 6.28. The van der Waals surface area contributed by atoms with E-state index >= 15 is 0 Å². The van der Waals surface area contributed by atoms with Crippen molar-refractivity contribution < 1.29 is 14.1 Å². The highest BCUT2D eigenvalue weighted by molar-refractivity contribution is 6.06. The number of hydrogen-bond acceptors (Lipinski definition) is 2. The summed E-state index contributed by atoms with van der Waals surface area (Å²) in [6.45, 7) is 5.68. The molecule has 4 fully saturated rings. The van der Waals surface area contributed by atoms with Crippen LogP contribution < -0.4 is 0 Å². The highest BCUT2D eigenvalue weighted by Crippen LogP contribution is 2.51. The van der Waals surface area contributed by atoms with E-state index in [0.29, 0.717) is 18.9 Å². The summed E-state index contributed by atoms with van der Waals surface area (Å²) in [5, 5.41) is 0. The number of carbonyl (C=O) groups excluding carboxylic acids is 2. The molecule has 0 unspecified atom stereocenters. The van der Waals surface area contributed by atoms with Crippen LogP contribution in [0, 0.1) is 11.3 Å². The van der Waals surface area contributed by atoms with Gasteiger partial charge in [0, 0.05) is 25.8 Å². The Bertz CT molecular complexity index is 385. The molecule has 0 radical (unpaired) electrons. The maximum absolute atomic E-state index is 12.6. The molecule has 0 aromatic carbocycles. The summed E-state index contributed by atoms with van der Waals surface area (Å²) < 4.78 is 0.993. The summed E-state index contributed by atoms with van der Waals surface area (Å²) in [4.78, 5) is 26.0. The van der Waals surface area contributed by atoms with Crippen molar-refractivity contribution in [2.24, 2.45) is 11.3 Å². The van der Waals surface area contributed by atoms with Crippen LogP contribution in [0.15, 0.2) is 0 Å². The number of hydrogen-bond donors (Lipinski definition) is 0. The lowest BCUT2D eigenvalue weighted by atomic mass is 9.64. The number of imide groups is 1. The van der Waals surface area contributed by atoms with E-state index in [-0.39, 0.29) is 17.2 Å². The number of nitrogens with zero attached hydrogens (tertiary/aromatic N) is 2. The van der Waals surface area contributed by atoms with E-state index in [0.717, 1.165) is 23.9 Å². The molecule has 4 nitrogen and oxygen atoms in total. The van der Waals surface area contributed by atoms with Gasteiger partial charge in [0.25, 0.3) is 0 Å². The molecule has 4 saturated heterocycles. The van der Waals surface area contributed by atoms with Crippen molar-refractivity contribution in [1.82, 2.24) is 4.90 Å². The van der Waals surface area contributed by atoms with Gasteiger partial charge in [-0.15, -0.1) is 0 Å². The van der Waals surface area contributed by atoms with Crippen molar-refractivity contribution >= 4 is 11.8 Å². The Kier molecular flexibility index (Phi) is 2.18. The van der Waals surface area contributed by atoms with Crippen molar-refractivity contribution in [2.75, 3.05) is 33.2 Å². The van der Waals surface area contributed by atoms with E-state index in [4.69, 9.17) is 0 Å². The molecule has 2 amide bonds. The largest absolute Gasteiger partial charge is 0.325 e. The van der Waals surface area contributed by atoms with Crippen LogP contribution in [0.5, 0.6) is 0 Å². The summed E-state index contributed by atoms with van der Waals surface area (Å²) in [6.07, 6.45) is 2.71. The van der Waals surface area contributed by atoms with Gasteiger partial charge in [0.15, 0.2) is 0 Å². The molecule has 1 spiro atoms. The van der Waals surface area contributed by atoms with E-state index < -0.39 is 0 Å². The lowest BCUT2D eigenvalue weighted by Crippen LogP contribution is -2.65. The molecule has 0 aromatic heterocycles. The molecule has 4 heteroatoms. The van der Waals surface area contributed by atoms with Gasteiger partial charge in [-0.05, 0) is 12.8 Å². The Labute approximate surface area is 102 Å². The molecule has 1 atom stereocenters. The van der Waals surface area contributed by atoms with Gasteiger partial charge in [-0.3, -0.25) is 14.5 Å². The Morgan fingerprint density at radius 1 is 1.35 bits per heavy atom. The van der Waals surface area contributed by atoms with E-state index in [1.54, 1.807) is 0 Å². The van der Waals surface area contributed by atoms with Gasteiger partial charge in [0.1, 0.15) is 5.41 Å². The van der Waals surface area contributed by atoms with Gasteiger partial charge in [-0.25, -0.2) is 0 Å². The molecule has 0 aliphatic carbocycles. The van der Waals surface area contributed by atoms with Crippen LogP contribution in [-0.4, -0.2) is 54.4 Å². The van der Waals surface area contributed by atoms with E-state index in [2.05, 4.69) is 7.05 Å². The normalized spacial score (nSPS) is 45.1. The molecular weight excluding hydrogens is 216 g/mol. The van der Waals surface area contributed by atoms with Crippen LogP contribution in [0.25, 0.3) is 0 Å². The predicted molar refractivity (Wildman–Crippen MR) is 63.0 cm³/mol. The van der Waals surface area contributed by atoms with Gasteiger partial charge >= 0.3 is 0 Å². The molecule has 4 aliphatic rings. The zero-order valence-corrected chi connectivity index (χ0v) is 10.7. The Morgan fingerprint density at radius 2 is 2.00 bits per heavy atom. The van der Waals surface area contributed by atoms with Gasteiger partial charge in [0.05, 0.1) is 26.7 Å². The van der Waals surface area contributed by atoms with Crippen LogP contribution in [0.3, 0.4) is 0 Å². The van der Waals surface area contributed by atoms with Crippen LogP contribution in [-0.2, 0) is 9.59 Å².